The Balaban J connectivity index is 1.50. The van der Waals surface area contributed by atoms with Crippen LogP contribution in [0.5, 0.6) is 0 Å². The van der Waals surface area contributed by atoms with E-state index in [2.05, 4.69) is 20.8 Å². The lowest BCUT2D eigenvalue weighted by atomic mass is 9.95. The molecule has 6 heteroatoms. The fraction of sp³-hybridized carbons (Fsp3) is 0.786. The highest BCUT2D eigenvalue weighted by molar-refractivity contribution is 5.78. The van der Waals surface area contributed by atoms with Crippen LogP contribution in [0.2, 0.25) is 0 Å². The molecule has 3 rings (SSSR count). The minimum atomic E-state index is 0.00815. The second-order valence-electron chi connectivity index (χ2n) is 5.82. The van der Waals surface area contributed by atoms with Gasteiger partial charge >= 0.3 is 0 Å². The van der Waals surface area contributed by atoms with Crippen LogP contribution < -0.4 is 10.6 Å². The van der Waals surface area contributed by atoms with E-state index in [-0.39, 0.29) is 12.3 Å². The summed E-state index contributed by atoms with van der Waals surface area (Å²) in [6, 6.07) is 0.335. The van der Waals surface area contributed by atoms with Gasteiger partial charge in [0.25, 0.3) is 0 Å². The molecule has 1 aliphatic heterocycles. The normalized spacial score (nSPS) is 23.9. The molecule has 1 atom stereocenters. The maximum absolute atomic E-state index is 12.0. The summed E-state index contributed by atoms with van der Waals surface area (Å²) in [5, 5.41) is 10.3. The quantitative estimate of drug-likeness (QED) is 0.863. The van der Waals surface area contributed by atoms with Crippen molar-refractivity contribution in [3.63, 3.8) is 0 Å². The van der Waals surface area contributed by atoms with Crippen molar-refractivity contribution in [3.05, 3.63) is 11.7 Å². The van der Waals surface area contributed by atoms with Crippen LogP contribution in [0.3, 0.4) is 0 Å². The molecule has 1 aromatic rings. The summed E-state index contributed by atoms with van der Waals surface area (Å²) in [5.41, 5.74) is 0. The molecule has 2 N–H and O–H groups in total. The topological polar surface area (TPSA) is 80.1 Å². The number of nitrogens with one attached hydrogen (secondary N) is 2. The first-order valence-electron chi connectivity index (χ1n) is 7.64. The van der Waals surface area contributed by atoms with E-state index in [1.54, 1.807) is 0 Å². The molecule has 1 aromatic heterocycles. The van der Waals surface area contributed by atoms with Crippen LogP contribution in [0.4, 0.5) is 0 Å². The van der Waals surface area contributed by atoms with Crippen LogP contribution in [0.25, 0.3) is 0 Å². The maximum Gasteiger partial charge on any atom is 0.231 e. The van der Waals surface area contributed by atoms with Crippen LogP contribution in [0.15, 0.2) is 4.52 Å². The van der Waals surface area contributed by atoms with Gasteiger partial charge in [-0.2, -0.15) is 4.98 Å². The fourth-order valence-corrected chi connectivity index (χ4v) is 3.04. The number of aromatic nitrogens is 2. The fourth-order valence-electron chi connectivity index (χ4n) is 3.04. The Morgan fingerprint density at radius 3 is 2.90 bits per heavy atom. The molecular weight excluding hydrogens is 256 g/mol. The number of nitrogens with zero attached hydrogens (tertiary/aromatic N) is 2. The molecule has 0 bridgehead atoms. The number of hydrogen-bond donors (Lipinski definition) is 2. The van der Waals surface area contributed by atoms with Gasteiger partial charge in [-0.25, -0.2) is 0 Å². The van der Waals surface area contributed by atoms with Crippen molar-refractivity contribution in [2.75, 3.05) is 13.1 Å². The third-order valence-corrected chi connectivity index (χ3v) is 4.18. The van der Waals surface area contributed by atoms with Crippen molar-refractivity contribution in [1.29, 1.82) is 0 Å². The highest BCUT2D eigenvalue weighted by Gasteiger charge is 2.23. The molecule has 110 valence electrons. The van der Waals surface area contributed by atoms with E-state index in [0.29, 0.717) is 23.7 Å². The third-order valence-electron chi connectivity index (χ3n) is 4.18. The molecule has 1 saturated heterocycles. The minimum Gasteiger partial charge on any atom is -0.353 e. The minimum absolute atomic E-state index is 0.00815. The largest absolute Gasteiger partial charge is 0.353 e. The summed E-state index contributed by atoms with van der Waals surface area (Å²) in [6.07, 6.45) is 7.15. The van der Waals surface area contributed by atoms with E-state index in [1.807, 2.05) is 0 Å². The van der Waals surface area contributed by atoms with Gasteiger partial charge in [-0.05, 0) is 25.8 Å². The second kappa shape index (κ2) is 6.35. The van der Waals surface area contributed by atoms with Crippen LogP contribution in [0.1, 0.15) is 56.2 Å². The lowest BCUT2D eigenvalue weighted by Gasteiger charge is -2.22. The Labute approximate surface area is 118 Å². The van der Waals surface area contributed by atoms with Crippen molar-refractivity contribution in [2.45, 2.75) is 56.9 Å². The summed E-state index contributed by atoms with van der Waals surface area (Å²) >= 11 is 0. The summed E-state index contributed by atoms with van der Waals surface area (Å²) in [4.78, 5) is 16.3. The highest BCUT2D eigenvalue weighted by Crippen LogP contribution is 2.20. The Kier molecular flexibility index (Phi) is 4.30. The molecule has 0 spiro atoms. The predicted molar refractivity (Wildman–Crippen MR) is 73.2 cm³/mol. The average molecular weight is 278 g/mol. The van der Waals surface area contributed by atoms with Crippen LogP contribution in [0, 0.1) is 0 Å². The van der Waals surface area contributed by atoms with E-state index < -0.39 is 0 Å². The smallest absolute Gasteiger partial charge is 0.231 e. The zero-order valence-corrected chi connectivity index (χ0v) is 11.7. The van der Waals surface area contributed by atoms with E-state index in [9.17, 15) is 4.79 Å². The van der Waals surface area contributed by atoms with Crippen molar-refractivity contribution >= 4 is 5.91 Å². The van der Waals surface area contributed by atoms with Gasteiger partial charge in [0.2, 0.25) is 11.8 Å². The van der Waals surface area contributed by atoms with Gasteiger partial charge in [0.15, 0.2) is 5.82 Å². The van der Waals surface area contributed by atoms with E-state index in [1.165, 1.54) is 19.3 Å². The van der Waals surface area contributed by atoms with Crippen molar-refractivity contribution in [3.8, 4) is 0 Å². The average Bonchev–Trinajstić information content (AvgIpc) is 3.10. The predicted octanol–water partition coefficient (Wildman–Crippen LogP) is 1.14. The molecule has 1 amide bonds. The molecule has 1 aliphatic carbocycles. The third kappa shape index (κ3) is 3.36. The van der Waals surface area contributed by atoms with Crippen LogP contribution in [-0.2, 0) is 11.2 Å². The standard InChI is InChI=1S/C14H22N4O2/c19-13(16-11-4-2-1-3-5-11)8-12-17-14(20-18-12)10-6-7-15-9-10/h10-11,15H,1-9H2,(H,16,19)/t10-/m1/s1. The zero-order chi connectivity index (χ0) is 13.8. The molecule has 2 fully saturated rings. The Morgan fingerprint density at radius 2 is 2.15 bits per heavy atom. The Morgan fingerprint density at radius 1 is 1.30 bits per heavy atom. The molecule has 0 aromatic carbocycles. The van der Waals surface area contributed by atoms with Gasteiger partial charge in [0.1, 0.15) is 0 Å². The summed E-state index contributed by atoms with van der Waals surface area (Å²) in [7, 11) is 0. The molecule has 1 saturated carbocycles. The molecule has 0 unspecified atom stereocenters. The van der Waals surface area contributed by atoms with Gasteiger partial charge in [-0.15, -0.1) is 0 Å². The molecular formula is C14H22N4O2. The van der Waals surface area contributed by atoms with Crippen molar-refractivity contribution in [1.82, 2.24) is 20.8 Å². The Bertz CT molecular complexity index is 448. The van der Waals surface area contributed by atoms with E-state index in [4.69, 9.17) is 4.52 Å². The molecule has 2 heterocycles. The van der Waals surface area contributed by atoms with Gasteiger partial charge in [-0.1, -0.05) is 24.4 Å². The lowest BCUT2D eigenvalue weighted by molar-refractivity contribution is -0.121. The summed E-state index contributed by atoms with van der Waals surface area (Å²) in [6.45, 7) is 1.88. The second-order valence-corrected chi connectivity index (χ2v) is 5.82. The van der Waals surface area contributed by atoms with Crippen molar-refractivity contribution < 1.29 is 9.32 Å². The molecule has 20 heavy (non-hydrogen) atoms. The van der Waals surface area contributed by atoms with Crippen molar-refractivity contribution in [2.24, 2.45) is 0 Å². The van der Waals surface area contributed by atoms with Crippen LogP contribution in [-0.4, -0.2) is 35.2 Å². The SMILES string of the molecule is O=C(Cc1noc([C@@H]2CCNC2)n1)NC1CCCCC1. The monoisotopic (exact) mass is 278 g/mol. The summed E-state index contributed by atoms with van der Waals surface area (Å²) in [5.74, 6) is 1.47. The van der Waals surface area contributed by atoms with E-state index in [0.717, 1.165) is 32.4 Å². The first kappa shape index (κ1) is 13.5. The van der Waals surface area contributed by atoms with Gasteiger partial charge < -0.3 is 15.2 Å². The number of carbonyl (C=O) groups excluding carboxylic acids is 1. The van der Waals surface area contributed by atoms with Gasteiger partial charge in [-0.3, -0.25) is 4.79 Å². The number of rotatable bonds is 4. The molecule has 6 nitrogen and oxygen atoms in total. The molecule has 0 radical (unpaired) electrons. The van der Waals surface area contributed by atoms with E-state index >= 15 is 0 Å². The first-order chi connectivity index (χ1) is 9.81. The number of hydrogen-bond acceptors (Lipinski definition) is 5. The maximum atomic E-state index is 12.0. The molecule has 2 aliphatic rings. The summed E-state index contributed by atoms with van der Waals surface area (Å²) < 4.78 is 5.26. The van der Waals surface area contributed by atoms with Crippen LogP contribution >= 0.6 is 0 Å². The lowest BCUT2D eigenvalue weighted by Crippen LogP contribution is -2.37. The van der Waals surface area contributed by atoms with Gasteiger partial charge in [0, 0.05) is 12.6 Å². The zero-order valence-electron chi connectivity index (χ0n) is 11.7. The first-order valence-corrected chi connectivity index (χ1v) is 7.64. The number of amides is 1. The Hall–Kier alpha value is -1.43. The number of carbonyl (C=O) groups is 1. The highest BCUT2D eigenvalue weighted by atomic mass is 16.5. The van der Waals surface area contributed by atoms with Gasteiger partial charge in [0.05, 0.1) is 12.3 Å².